The van der Waals surface area contributed by atoms with Gasteiger partial charge in [-0.3, -0.25) is 4.98 Å². The molecule has 7 nitrogen and oxygen atoms in total. The van der Waals surface area contributed by atoms with Gasteiger partial charge in [0.05, 0.1) is 18.3 Å². The second kappa shape index (κ2) is 9.26. The highest BCUT2D eigenvalue weighted by Crippen LogP contribution is 2.29. The predicted molar refractivity (Wildman–Crippen MR) is 128 cm³/mol. The first-order valence-electron chi connectivity index (χ1n) is 10.1. The van der Waals surface area contributed by atoms with Gasteiger partial charge in [-0.05, 0) is 35.9 Å². The minimum Gasteiger partial charge on any atom is -0.497 e. The lowest BCUT2D eigenvalue weighted by Gasteiger charge is -2.20. The van der Waals surface area contributed by atoms with E-state index in [0.29, 0.717) is 23.1 Å². The molecule has 160 valence electrons. The summed E-state index contributed by atoms with van der Waals surface area (Å²) in [7, 11) is 5.47. The zero-order valence-corrected chi connectivity index (χ0v) is 18.2. The zero-order chi connectivity index (χ0) is 22.5. The molecule has 4 rings (SSSR count). The molecule has 2 aromatic carbocycles. The highest BCUT2D eigenvalue weighted by atomic mass is 16.5. The molecule has 2 heterocycles. The third-order valence-corrected chi connectivity index (χ3v) is 4.92. The van der Waals surface area contributed by atoms with E-state index < -0.39 is 0 Å². The maximum Gasteiger partial charge on any atom is 0.163 e. The fourth-order valence-electron chi connectivity index (χ4n) is 3.19. The van der Waals surface area contributed by atoms with E-state index in [0.717, 1.165) is 27.9 Å². The Labute approximate surface area is 186 Å². The minimum absolute atomic E-state index is 0.394. The normalized spacial score (nSPS) is 11.3. The lowest BCUT2D eigenvalue weighted by Crippen LogP contribution is -2.20. The molecule has 0 aliphatic heterocycles. The van der Waals surface area contributed by atoms with Gasteiger partial charge in [0.1, 0.15) is 17.4 Å². The largest absolute Gasteiger partial charge is 0.497 e. The monoisotopic (exact) mass is 424 g/mol. The summed E-state index contributed by atoms with van der Waals surface area (Å²) in [5, 5.41) is 12.7. The number of hydrogen-bond acceptors (Lipinski definition) is 7. The van der Waals surface area contributed by atoms with E-state index in [1.165, 1.54) is 0 Å². The van der Waals surface area contributed by atoms with E-state index >= 15 is 0 Å². The molecule has 7 heteroatoms. The van der Waals surface area contributed by atoms with Gasteiger partial charge >= 0.3 is 0 Å². The van der Waals surface area contributed by atoms with Crippen LogP contribution in [0.15, 0.2) is 85.0 Å². The van der Waals surface area contributed by atoms with E-state index in [9.17, 15) is 0 Å². The van der Waals surface area contributed by atoms with Crippen LogP contribution in [-0.2, 0) is 0 Å². The summed E-state index contributed by atoms with van der Waals surface area (Å²) in [6.07, 6.45) is 5.24. The molecule has 0 bridgehead atoms. The number of allylic oxidation sites excluding steroid dienone is 1. The number of anilines is 1. The van der Waals surface area contributed by atoms with Crippen molar-refractivity contribution in [3.05, 3.63) is 90.5 Å². The molecule has 0 unspecified atom stereocenters. The maximum atomic E-state index is 8.52. The van der Waals surface area contributed by atoms with Crippen molar-refractivity contribution in [3.63, 3.8) is 0 Å². The Kier molecular flexibility index (Phi) is 6.07. The number of nitrogens with zero attached hydrogens (tertiary/aromatic N) is 4. The summed E-state index contributed by atoms with van der Waals surface area (Å²) in [6, 6.07) is 19.1. The number of hydrogen-bond donors (Lipinski definition) is 2. The summed E-state index contributed by atoms with van der Waals surface area (Å²) in [6.45, 7) is 0. The molecule has 0 radical (unpaired) electrons. The van der Waals surface area contributed by atoms with Gasteiger partial charge in [0.15, 0.2) is 5.82 Å². The Hall–Kier alpha value is -4.26. The molecular formula is C25H24N6O. The molecule has 0 fully saturated rings. The molecule has 32 heavy (non-hydrogen) atoms. The van der Waals surface area contributed by atoms with Crippen molar-refractivity contribution in [2.24, 2.45) is 0 Å². The molecule has 2 aromatic heterocycles. The van der Waals surface area contributed by atoms with Crippen LogP contribution in [0.1, 0.15) is 5.56 Å². The molecule has 0 aliphatic carbocycles. The van der Waals surface area contributed by atoms with Crippen LogP contribution in [0.25, 0.3) is 22.3 Å². The summed E-state index contributed by atoms with van der Waals surface area (Å²) >= 11 is 0. The van der Waals surface area contributed by atoms with Crippen LogP contribution >= 0.6 is 0 Å². The number of benzene rings is 2. The first-order valence-corrected chi connectivity index (χ1v) is 10.1. The summed E-state index contributed by atoms with van der Waals surface area (Å²) in [4.78, 5) is 15.6. The van der Waals surface area contributed by atoms with Gasteiger partial charge in [0, 0.05) is 43.5 Å². The maximum absolute atomic E-state index is 8.52. The van der Waals surface area contributed by atoms with Gasteiger partial charge < -0.3 is 20.4 Å². The molecule has 0 atom stereocenters. The van der Waals surface area contributed by atoms with Gasteiger partial charge in [0.25, 0.3) is 0 Å². The van der Waals surface area contributed by atoms with Gasteiger partial charge in [-0.1, -0.05) is 30.3 Å². The van der Waals surface area contributed by atoms with Crippen molar-refractivity contribution < 1.29 is 4.74 Å². The third kappa shape index (κ3) is 4.57. The average molecular weight is 425 g/mol. The lowest BCUT2D eigenvalue weighted by molar-refractivity contribution is 0.415. The SMILES string of the molecule is COc1ccc2nc(-c3cccnc3)nc(N/C(=C/C(=N)c3ccccc3)N(C)C)c2c1. The lowest BCUT2D eigenvalue weighted by atomic mass is 10.1. The molecule has 0 saturated heterocycles. The Morgan fingerprint density at radius 3 is 2.53 bits per heavy atom. The second-order valence-electron chi connectivity index (χ2n) is 7.35. The van der Waals surface area contributed by atoms with Crippen LogP contribution in [0.4, 0.5) is 5.82 Å². The highest BCUT2D eigenvalue weighted by Gasteiger charge is 2.13. The van der Waals surface area contributed by atoms with Gasteiger partial charge in [-0.15, -0.1) is 0 Å². The van der Waals surface area contributed by atoms with Crippen LogP contribution in [0, 0.1) is 5.41 Å². The zero-order valence-electron chi connectivity index (χ0n) is 18.2. The quantitative estimate of drug-likeness (QED) is 0.422. The summed E-state index contributed by atoms with van der Waals surface area (Å²) in [5.41, 5.74) is 2.82. The van der Waals surface area contributed by atoms with Crippen molar-refractivity contribution in [2.75, 3.05) is 26.5 Å². The molecule has 0 spiro atoms. The Balaban J connectivity index is 1.81. The minimum atomic E-state index is 0.394. The number of methoxy groups -OCH3 is 1. The number of ether oxygens (including phenoxy) is 1. The van der Waals surface area contributed by atoms with Crippen LogP contribution in [0.5, 0.6) is 5.75 Å². The first kappa shape index (κ1) is 21.0. The first-order chi connectivity index (χ1) is 15.5. The molecule has 0 saturated carbocycles. The molecule has 4 aromatic rings. The van der Waals surface area contributed by atoms with Crippen molar-refractivity contribution in [3.8, 4) is 17.1 Å². The Bertz CT molecular complexity index is 1270. The van der Waals surface area contributed by atoms with Crippen molar-refractivity contribution in [2.45, 2.75) is 0 Å². The van der Waals surface area contributed by atoms with Crippen LogP contribution < -0.4 is 10.1 Å². The van der Waals surface area contributed by atoms with Crippen molar-refractivity contribution in [1.82, 2.24) is 19.9 Å². The number of fused-ring (bicyclic) bond motifs is 1. The standard InChI is InChI=1S/C25H24N6O/c1-31(2)23(15-21(26)17-8-5-4-6-9-17)29-25-20-14-19(32-3)11-12-22(20)28-24(30-25)18-10-7-13-27-16-18/h4-16,26H,1-3H3,(H,28,29,30)/b23-15-,26-21?. The van der Waals surface area contributed by atoms with E-state index in [1.807, 2.05) is 79.7 Å². The van der Waals surface area contributed by atoms with E-state index in [4.69, 9.17) is 20.1 Å². The molecule has 0 amide bonds. The summed E-state index contributed by atoms with van der Waals surface area (Å²) < 4.78 is 5.41. The van der Waals surface area contributed by atoms with Crippen molar-refractivity contribution >= 4 is 22.4 Å². The van der Waals surface area contributed by atoms with Crippen molar-refractivity contribution in [1.29, 1.82) is 5.41 Å². The van der Waals surface area contributed by atoms with Crippen LogP contribution in [0.2, 0.25) is 0 Å². The van der Waals surface area contributed by atoms with Gasteiger partial charge in [-0.25, -0.2) is 9.97 Å². The van der Waals surface area contributed by atoms with Gasteiger partial charge in [0.2, 0.25) is 0 Å². The third-order valence-electron chi connectivity index (χ3n) is 4.92. The van der Waals surface area contributed by atoms with Gasteiger partial charge in [-0.2, -0.15) is 0 Å². The van der Waals surface area contributed by atoms with E-state index in [-0.39, 0.29) is 0 Å². The average Bonchev–Trinajstić information content (AvgIpc) is 2.84. The second-order valence-corrected chi connectivity index (χ2v) is 7.35. The Morgan fingerprint density at radius 1 is 1.03 bits per heavy atom. The Morgan fingerprint density at radius 2 is 1.84 bits per heavy atom. The van der Waals surface area contributed by atoms with Crippen LogP contribution in [-0.4, -0.2) is 46.8 Å². The number of aromatic nitrogens is 3. The predicted octanol–water partition coefficient (Wildman–Crippen LogP) is 4.58. The number of pyridine rings is 1. The highest BCUT2D eigenvalue weighted by molar-refractivity contribution is 6.07. The topological polar surface area (TPSA) is 87.0 Å². The molecule has 0 aliphatic rings. The van der Waals surface area contributed by atoms with E-state index in [1.54, 1.807) is 25.6 Å². The fourth-order valence-corrected chi connectivity index (χ4v) is 3.19. The molecular weight excluding hydrogens is 400 g/mol. The fraction of sp³-hybridized carbons (Fsp3) is 0.120. The number of nitrogens with one attached hydrogen (secondary N) is 2. The summed E-state index contributed by atoms with van der Waals surface area (Å²) in [5.74, 6) is 2.62. The smallest absolute Gasteiger partial charge is 0.163 e. The number of rotatable bonds is 7. The van der Waals surface area contributed by atoms with Crippen LogP contribution in [0.3, 0.4) is 0 Å². The molecule has 2 N–H and O–H groups in total. The van der Waals surface area contributed by atoms with E-state index in [2.05, 4.69) is 10.3 Å².